The molecule has 0 unspecified atom stereocenters. The van der Waals surface area contributed by atoms with E-state index in [9.17, 15) is 9.59 Å². The highest BCUT2D eigenvalue weighted by Gasteiger charge is 2.29. The van der Waals surface area contributed by atoms with Crippen molar-refractivity contribution < 1.29 is 9.53 Å². The largest absolute Gasteiger partial charge is 0.497 e. The van der Waals surface area contributed by atoms with Crippen LogP contribution in [0.25, 0.3) is 16.5 Å². The maximum Gasteiger partial charge on any atom is 0.264 e. The lowest BCUT2D eigenvalue weighted by molar-refractivity contribution is 0.0979. The fourth-order valence-corrected chi connectivity index (χ4v) is 5.60. The lowest BCUT2D eigenvalue weighted by Gasteiger charge is -2.31. The van der Waals surface area contributed by atoms with Gasteiger partial charge in [-0.2, -0.15) is 0 Å². The molecule has 2 aromatic heterocycles. The second-order valence-electron chi connectivity index (χ2n) is 9.98. The molecule has 9 heteroatoms. The number of nitrogens with zero attached hydrogens (tertiary/aromatic N) is 4. The first-order valence-electron chi connectivity index (χ1n) is 13.4. The summed E-state index contributed by atoms with van der Waals surface area (Å²) in [4.78, 5) is 38.1. The number of pyridine rings is 1. The van der Waals surface area contributed by atoms with Crippen LogP contribution in [0.5, 0.6) is 5.75 Å². The number of nitrogens with one attached hydrogen (secondary N) is 1. The van der Waals surface area contributed by atoms with Crippen LogP contribution in [-0.2, 0) is 6.54 Å². The summed E-state index contributed by atoms with van der Waals surface area (Å²) in [5.74, 6) is 1.79. The highest BCUT2D eigenvalue weighted by atomic mass is 35.5. The van der Waals surface area contributed by atoms with Gasteiger partial charge >= 0.3 is 0 Å². The fraction of sp³-hybridized carbons (Fsp3) is 0.188. The summed E-state index contributed by atoms with van der Waals surface area (Å²) in [6.07, 6.45) is 1.82. The molecule has 3 heterocycles. The highest BCUT2D eigenvalue weighted by Crippen LogP contribution is 2.33. The van der Waals surface area contributed by atoms with E-state index in [1.54, 1.807) is 17.7 Å². The molecule has 0 bridgehead atoms. The van der Waals surface area contributed by atoms with Crippen LogP contribution in [0.4, 0.5) is 11.6 Å². The van der Waals surface area contributed by atoms with E-state index < -0.39 is 6.04 Å². The summed E-state index contributed by atoms with van der Waals surface area (Å²) in [6, 6.07) is 24.3. The number of para-hydroxylation sites is 1. The molecule has 1 atom stereocenters. The molecule has 1 aliphatic rings. The minimum atomic E-state index is -0.393. The molecule has 0 fully saturated rings. The Morgan fingerprint density at radius 2 is 1.78 bits per heavy atom. The van der Waals surface area contributed by atoms with Crippen molar-refractivity contribution in [2.24, 2.45) is 0 Å². The third-order valence-electron chi connectivity index (χ3n) is 7.38. The number of anilines is 2. The second-order valence-corrected chi connectivity index (χ2v) is 10.4. The van der Waals surface area contributed by atoms with Gasteiger partial charge < -0.3 is 15.0 Å². The smallest absolute Gasteiger partial charge is 0.264 e. The number of hydrogen-bond donors (Lipinski definition) is 1. The number of rotatable bonds is 7. The third-order valence-corrected chi connectivity index (χ3v) is 7.70. The lowest BCUT2D eigenvalue weighted by atomic mass is 10.0. The van der Waals surface area contributed by atoms with Crippen molar-refractivity contribution in [3.05, 3.63) is 117 Å². The Morgan fingerprint density at radius 1 is 1.00 bits per heavy atom. The Balaban J connectivity index is 1.39. The van der Waals surface area contributed by atoms with Crippen molar-refractivity contribution in [1.82, 2.24) is 14.5 Å². The van der Waals surface area contributed by atoms with Gasteiger partial charge in [0.05, 0.1) is 23.6 Å². The number of benzene rings is 3. The number of aromatic nitrogens is 3. The summed E-state index contributed by atoms with van der Waals surface area (Å²) in [5, 5.41) is 5.02. The zero-order chi connectivity index (χ0) is 28.5. The van der Waals surface area contributed by atoms with Gasteiger partial charge in [0.15, 0.2) is 5.78 Å². The highest BCUT2D eigenvalue weighted by molar-refractivity contribution is 6.35. The summed E-state index contributed by atoms with van der Waals surface area (Å²) < 4.78 is 6.94. The molecule has 0 amide bonds. The Bertz CT molecular complexity index is 1810. The maximum atomic E-state index is 13.8. The molecule has 0 saturated heterocycles. The van der Waals surface area contributed by atoms with Crippen LogP contribution in [0.15, 0.2) is 90.0 Å². The third kappa shape index (κ3) is 5.02. The van der Waals surface area contributed by atoms with Crippen molar-refractivity contribution in [2.45, 2.75) is 25.9 Å². The van der Waals surface area contributed by atoms with E-state index in [0.29, 0.717) is 52.8 Å². The molecular formula is C32H28ClN5O3. The van der Waals surface area contributed by atoms with Crippen LogP contribution in [-0.4, -0.2) is 34.0 Å². The topological polar surface area (TPSA) is 89.4 Å². The molecule has 0 aliphatic carbocycles. The Kier molecular flexibility index (Phi) is 7.15. The molecule has 3 aromatic carbocycles. The number of ketones is 1. The van der Waals surface area contributed by atoms with Crippen LogP contribution in [0.3, 0.4) is 0 Å². The van der Waals surface area contributed by atoms with E-state index in [4.69, 9.17) is 16.3 Å². The first-order valence-corrected chi connectivity index (χ1v) is 13.7. The van der Waals surface area contributed by atoms with Crippen LogP contribution in [0, 0.1) is 0 Å². The van der Waals surface area contributed by atoms with Gasteiger partial charge in [-0.05, 0) is 54.3 Å². The quantitative estimate of drug-likeness (QED) is 0.251. The summed E-state index contributed by atoms with van der Waals surface area (Å²) in [7, 11) is 1.64. The first kappa shape index (κ1) is 26.5. The van der Waals surface area contributed by atoms with Gasteiger partial charge in [0.2, 0.25) is 0 Å². The SMILES string of the molecule is COc1ccc(CN2CCC(=O)c3c(N[C@@H](C)c4cc5cccc(Cl)c5c(=O)n4-c4ccccc4)ncnc32)cc1. The van der Waals surface area contributed by atoms with Gasteiger partial charge in [-0.1, -0.05) is 54.1 Å². The predicted octanol–water partition coefficient (Wildman–Crippen LogP) is 6.21. The Hall–Kier alpha value is -4.69. The summed E-state index contributed by atoms with van der Waals surface area (Å²) >= 11 is 6.47. The van der Waals surface area contributed by atoms with E-state index in [2.05, 4.69) is 20.2 Å². The second kappa shape index (κ2) is 11.1. The zero-order valence-corrected chi connectivity index (χ0v) is 23.4. The number of halogens is 1. The summed E-state index contributed by atoms with van der Waals surface area (Å²) in [5.41, 5.74) is 2.75. The summed E-state index contributed by atoms with van der Waals surface area (Å²) in [6.45, 7) is 3.10. The van der Waals surface area contributed by atoms with Crippen LogP contribution >= 0.6 is 11.6 Å². The minimum Gasteiger partial charge on any atom is -0.497 e. The molecule has 206 valence electrons. The number of Topliss-reactive ketones (excluding diaryl/α,β-unsaturated/α-hetero) is 1. The number of carbonyl (C=O) groups is 1. The monoisotopic (exact) mass is 565 g/mol. The van der Waals surface area contributed by atoms with Crippen molar-refractivity contribution in [2.75, 3.05) is 23.9 Å². The minimum absolute atomic E-state index is 0.0213. The van der Waals surface area contributed by atoms with Gasteiger partial charge in [-0.15, -0.1) is 0 Å². The first-order chi connectivity index (χ1) is 19.9. The molecule has 5 aromatic rings. The molecule has 41 heavy (non-hydrogen) atoms. The average Bonchev–Trinajstić information content (AvgIpc) is 2.99. The Labute approximate surface area is 242 Å². The zero-order valence-electron chi connectivity index (χ0n) is 22.7. The van der Waals surface area contributed by atoms with E-state index in [1.807, 2.05) is 79.7 Å². The molecule has 8 nitrogen and oxygen atoms in total. The molecule has 0 spiro atoms. The molecule has 1 N–H and O–H groups in total. The van der Waals surface area contributed by atoms with Gasteiger partial charge in [0.1, 0.15) is 29.3 Å². The average molecular weight is 566 g/mol. The lowest BCUT2D eigenvalue weighted by Crippen LogP contribution is -2.34. The van der Waals surface area contributed by atoms with Crippen molar-refractivity contribution in [3.8, 4) is 11.4 Å². The molecule has 0 radical (unpaired) electrons. The van der Waals surface area contributed by atoms with Crippen molar-refractivity contribution >= 4 is 39.8 Å². The van der Waals surface area contributed by atoms with Gasteiger partial charge in [0.25, 0.3) is 5.56 Å². The van der Waals surface area contributed by atoms with E-state index in [0.717, 1.165) is 22.4 Å². The maximum absolute atomic E-state index is 13.8. The number of methoxy groups -OCH3 is 1. The van der Waals surface area contributed by atoms with Gasteiger partial charge in [-0.25, -0.2) is 9.97 Å². The normalized spacial score (nSPS) is 13.6. The standard InChI is InChI=1S/C32H28ClN5O3/c1-20(26-17-22-7-6-10-25(33)28(22)32(40)38(26)23-8-4-3-5-9-23)36-30-29-27(39)15-16-37(31(29)35-19-34-30)18-21-11-13-24(41-2)14-12-21/h3-14,17,19-20H,15-16,18H2,1-2H3,(H,34,35,36)/t20-/m0/s1. The molecule has 6 rings (SSSR count). The van der Waals surface area contributed by atoms with Crippen LogP contribution < -0.4 is 20.5 Å². The number of hydrogen-bond acceptors (Lipinski definition) is 7. The number of ether oxygens (including phenoxy) is 1. The fourth-order valence-electron chi connectivity index (χ4n) is 5.34. The van der Waals surface area contributed by atoms with E-state index >= 15 is 0 Å². The van der Waals surface area contributed by atoms with Crippen molar-refractivity contribution in [1.29, 1.82) is 0 Å². The van der Waals surface area contributed by atoms with E-state index in [-0.39, 0.29) is 11.3 Å². The molecular weight excluding hydrogens is 538 g/mol. The number of fused-ring (bicyclic) bond motifs is 2. The molecule has 1 aliphatic heterocycles. The van der Waals surface area contributed by atoms with Crippen LogP contribution in [0.2, 0.25) is 5.02 Å². The van der Waals surface area contributed by atoms with Gasteiger partial charge in [0, 0.05) is 30.9 Å². The van der Waals surface area contributed by atoms with Gasteiger partial charge in [-0.3, -0.25) is 14.2 Å². The number of carbonyl (C=O) groups excluding carboxylic acids is 1. The van der Waals surface area contributed by atoms with E-state index in [1.165, 1.54) is 6.33 Å². The predicted molar refractivity (Wildman–Crippen MR) is 162 cm³/mol. The van der Waals surface area contributed by atoms with Crippen molar-refractivity contribution in [3.63, 3.8) is 0 Å². The Morgan fingerprint density at radius 3 is 2.54 bits per heavy atom. The van der Waals surface area contributed by atoms with Crippen LogP contribution in [0.1, 0.15) is 41.0 Å². The molecule has 0 saturated carbocycles.